The van der Waals surface area contributed by atoms with E-state index in [0.29, 0.717) is 19.0 Å². The number of alkyl carbamates (subject to hydrolysis) is 1. The normalized spacial score (nSPS) is 13.2. The van der Waals surface area contributed by atoms with Crippen LogP contribution in [0.4, 0.5) is 4.79 Å². The Hall–Kier alpha value is -2.55. The van der Waals surface area contributed by atoms with Gasteiger partial charge in [0.15, 0.2) is 0 Å². The van der Waals surface area contributed by atoms with Crippen molar-refractivity contribution in [3.8, 4) is 11.1 Å². The molecule has 0 radical (unpaired) electrons. The molecule has 0 heterocycles. The third kappa shape index (κ3) is 24.2. The topological polar surface area (TPSA) is 94.1 Å². The number of carboxylic acid groups (broad SMARTS) is 1. The average Bonchev–Trinajstić information content (AvgIpc) is 3.59. The van der Waals surface area contributed by atoms with Crippen LogP contribution in [0.2, 0.25) is 0 Å². The predicted octanol–water partition coefficient (Wildman–Crippen LogP) is 15.1. The van der Waals surface area contributed by atoms with E-state index in [1.807, 2.05) is 24.3 Å². The summed E-state index contributed by atoms with van der Waals surface area (Å²) in [5.41, 5.74) is 4.54. The molecule has 7 nitrogen and oxygen atoms in total. The summed E-state index contributed by atoms with van der Waals surface area (Å²) in [4.78, 5) is 25.2. The molecule has 0 fully saturated rings. The van der Waals surface area contributed by atoms with Crippen molar-refractivity contribution in [1.29, 1.82) is 0 Å². The first-order valence-corrected chi connectivity index (χ1v) is 26.3. The van der Waals surface area contributed by atoms with Gasteiger partial charge in [-0.2, -0.15) is 11.8 Å². The van der Waals surface area contributed by atoms with Crippen LogP contribution in [0.3, 0.4) is 0 Å². The van der Waals surface area contributed by atoms with Gasteiger partial charge in [-0.3, -0.25) is 0 Å². The molecule has 3 rings (SSSR count). The Balaban J connectivity index is 1.32. The quantitative estimate of drug-likeness (QED) is 0.0643. The number of carboxylic acids is 1. The Morgan fingerprint density at radius 3 is 1.43 bits per heavy atom. The first-order valence-electron chi connectivity index (χ1n) is 25.2. The van der Waals surface area contributed by atoms with Crippen LogP contribution in [-0.4, -0.2) is 67.2 Å². The van der Waals surface area contributed by atoms with Crippen LogP contribution in [0, 0.1) is 0 Å². The summed E-state index contributed by atoms with van der Waals surface area (Å²) in [6.45, 7) is 6.62. The van der Waals surface area contributed by atoms with E-state index >= 15 is 0 Å². The van der Waals surface area contributed by atoms with Crippen LogP contribution in [0.25, 0.3) is 11.1 Å². The maximum atomic E-state index is 12.9. The lowest BCUT2D eigenvalue weighted by Crippen LogP contribution is -2.43. The average molecular weight is 866 g/mol. The molecular weight excluding hydrogens is 779 g/mol. The zero-order valence-corrected chi connectivity index (χ0v) is 39.6. The van der Waals surface area contributed by atoms with Gasteiger partial charge in [-0.25, -0.2) is 9.59 Å². The second-order valence-electron chi connectivity index (χ2n) is 17.7. The largest absolute Gasteiger partial charge is 0.480 e. The molecule has 61 heavy (non-hydrogen) atoms. The highest BCUT2D eigenvalue weighted by molar-refractivity contribution is 7.99. The first-order chi connectivity index (χ1) is 30.0. The van der Waals surface area contributed by atoms with Gasteiger partial charge in [0.05, 0.1) is 12.7 Å². The smallest absolute Gasteiger partial charge is 0.407 e. The molecule has 1 aliphatic rings. The van der Waals surface area contributed by atoms with Crippen molar-refractivity contribution >= 4 is 23.8 Å². The first kappa shape index (κ1) is 52.8. The third-order valence-corrected chi connectivity index (χ3v) is 13.5. The number of aliphatic carboxylic acids is 1. The molecule has 0 aromatic heterocycles. The van der Waals surface area contributed by atoms with E-state index in [4.69, 9.17) is 14.2 Å². The molecule has 1 aliphatic carbocycles. The van der Waals surface area contributed by atoms with E-state index in [0.717, 1.165) is 41.7 Å². The number of hydrogen-bond donors (Lipinski definition) is 2. The summed E-state index contributed by atoms with van der Waals surface area (Å²) in [7, 11) is 0. The highest BCUT2D eigenvalue weighted by Crippen LogP contribution is 2.44. The second-order valence-corrected chi connectivity index (χ2v) is 18.7. The fourth-order valence-electron chi connectivity index (χ4n) is 8.58. The summed E-state index contributed by atoms with van der Waals surface area (Å²) in [6, 6.07) is 15.3. The molecule has 1 amide bonds. The lowest BCUT2D eigenvalue weighted by Gasteiger charge is -2.20. The van der Waals surface area contributed by atoms with Crippen molar-refractivity contribution in [3.63, 3.8) is 0 Å². The number of amides is 1. The van der Waals surface area contributed by atoms with Crippen LogP contribution in [0.15, 0.2) is 48.5 Å². The number of carbonyl (C=O) groups excluding carboxylic acids is 1. The van der Waals surface area contributed by atoms with Crippen molar-refractivity contribution in [2.75, 3.05) is 37.9 Å². The maximum Gasteiger partial charge on any atom is 0.407 e. The third-order valence-electron chi connectivity index (χ3n) is 12.3. The number of benzene rings is 2. The van der Waals surface area contributed by atoms with Gasteiger partial charge in [0.2, 0.25) is 0 Å². The minimum absolute atomic E-state index is 0.0852. The van der Waals surface area contributed by atoms with E-state index in [1.165, 1.54) is 179 Å². The molecule has 2 atom stereocenters. The molecular formula is C53H87NO6S. The number of hydrogen-bond acceptors (Lipinski definition) is 6. The number of unbranched alkanes of at least 4 members (excludes halogenated alkanes) is 26. The molecule has 0 aliphatic heterocycles. The van der Waals surface area contributed by atoms with E-state index in [2.05, 4.69) is 43.4 Å². The lowest BCUT2D eigenvalue weighted by molar-refractivity contribution is -0.138. The minimum Gasteiger partial charge on any atom is -0.480 e. The van der Waals surface area contributed by atoms with Gasteiger partial charge < -0.3 is 24.6 Å². The van der Waals surface area contributed by atoms with Gasteiger partial charge in [-0.05, 0) is 35.1 Å². The van der Waals surface area contributed by atoms with Gasteiger partial charge in [0, 0.05) is 30.6 Å². The van der Waals surface area contributed by atoms with E-state index in [9.17, 15) is 14.7 Å². The second kappa shape index (κ2) is 35.9. The number of rotatable bonds is 41. The molecule has 0 saturated carbocycles. The standard InChI is InChI=1S/C53H87NO6S/c1-3-5-7-9-11-13-15-17-19-21-23-25-27-33-39-58-41-45(59-40-34-28-26-24-22-20-18-16-14-12-10-8-6-4-2)43-61-44-51(52(55)56)54-53(57)60-42-50-48-37-31-29-35-46(48)47-36-30-32-38-49(47)50/h29-32,35-38,45,50-51H,3-28,33-34,39-44H2,1-2H3,(H,54,57)(H,55,56)/t45-,51+/m1/s1. The Kier molecular flexibility index (Phi) is 31.0. The molecule has 346 valence electrons. The molecule has 0 bridgehead atoms. The van der Waals surface area contributed by atoms with E-state index in [1.54, 1.807) is 0 Å². The highest BCUT2D eigenvalue weighted by atomic mass is 32.2. The van der Waals surface area contributed by atoms with Crippen molar-refractivity contribution in [3.05, 3.63) is 59.7 Å². The van der Waals surface area contributed by atoms with Gasteiger partial charge in [-0.15, -0.1) is 0 Å². The molecule has 0 unspecified atom stereocenters. The van der Waals surface area contributed by atoms with E-state index < -0.39 is 18.1 Å². The predicted molar refractivity (Wildman–Crippen MR) is 258 cm³/mol. The Morgan fingerprint density at radius 1 is 0.574 bits per heavy atom. The van der Waals surface area contributed by atoms with Crippen molar-refractivity contribution in [2.45, 2.75) is 212 Å². The number of ether oxygens (including phenoxy) is 3. The Bertz CT molecular complexity index is 1340. The van der Waals surface area contributed by atoms with Crippen molar-refractivity contribution < 1.29 is 28.9 Å². The molecule has 2 N–H and O–H groups in total. The molecule has 0 saturated heterocycles. The highest BCUT2D eigenvalue weighted by Gasteiger charge is 2.30. The van der Waals surface area contributed by atoms with Crippen LogP contribution in [0.5, 0.6) is 0 Å². The molecule has 0 spiro atoms. The summed E-state index contributed by atoms with van der Waals surface area (Å²) in [5, 5.41) is 12.6. The SMILES string of the molecule is CCCCCCCCCCCCCCCCOC[C@H](CSC[C@H](NC(=O)OCC1c2ccccc2-c2ccccc21)C(=O)O)OCCCCCCCCCCCCCCCC. The Labute approximate surface area is 377 Å². The van der Waals surface area contributed by atoms with Crippen LogP contribution in [0.1, 0.15) is 211 Å². The minimum atomic E-state index is -1.07. The molecule has 8 heteroatoms. The van der Waals surface area contributed by atoms with Crippen LogP contribution in [-0.2, 0) is 19.0 Å². The fraction of sp³-hybridized carbons (Fsp3) is 0.736. The van der Waals surface area contributed by atoms with Crippen LogP contribution < -0.4 is 5.32 Å². The number of carbonyl (C=O) groups is 2. The van der Waals surface area contributed by atoms with E-state index in [-0.39, 0.29) is 24.4 Å². The van der Waals surface area contributed by atoms with Gasteiger partial charge >= 0.3 is 12.1 Å². The fourth-order valence-corrected chi connectivity index (χ4v) is 9.63. The summed E-state index contributed by atoms with van der Waals surface area (Å²) < 4.78 is 18.1. The Morgan fingerprint density at radius 2 is 0.984 bits per heavy atom. The molecule has 2 aromatic carbocycles. The summed E-state index contributed by atoms with van der Waals surface area (Å²) in [5.74, 6) is -0.335. The summed E-state index contributed by atoms with van der Waals surface area (Å²) >= 11 is 1.48. The maximum absolute atomic E-state index is 12.9. The van der Waals surface area contributed by atoms with Crippen molar-refractivity contribution in [2.24, 2.45) is 0 Å². The van der Waals surface area contributed by atoms with Crippen LogP contribution >= 0.6 is 11.8 Å². The van der Waals surface area contributed by atoms with Crippen molar-refractivity contribution in [1.82, 2.24) is 5.32 Å². The van der Waals surface area contributed by atoms with Gasteiger partial charge in [0.1, 0.15) is 12.6 Å². The zero-order valence-electron chi connectivity index (χ0n) is 38.8. The monoisotopic (exact) mass is 866 g/mol. The lowest BCUT2D eigenvalue weighted by atomic mass is 9.98. The zero-order chi connectivity index (χ0) is 43.4. The summed E-state index contributed by atoms with van der Waals surface area (Å²) in [6.07, 6.45) is 36.3. The number of thioether (sulfide) groups is 1. The molecule has 2 aromatic rings. The van der Waals surface area contributed by atoms with Gasteiger partial charge in [-0.1, -0.05) is 229 Å². The number of nitrogens with one attached hydrogen (secondary N) is 1. The van der Waals surface area contributed by atoms with Gasteiger partial charge in [0.25, 0.3) is 0 Å². The number of fused-ring (bicyclic) bond motifs is 3.